The van der Waals surface area contributed by atoms with Crippen LogP contribution in [0.3, 0.4) is 0 Å². The van der Waals surface area contributed by atoms with Crippen molar-refractivity contribution in [3.8, 4) is 5.75 Å². The Hall–Kier alpha value is -1.17. The summed E-state index contributed by atoms with van der Waals surface area (Å²) in [6.07, 6.45) is 3.52. The monoisotopic (exact) mass is 265 g/mol. The average molecular weight is 265 g/mol. The van der Waals surface area contributed by atoms with Gasteiger partial charge in [0.05, 0.1) is 31.6 Å². The maximum atomic E-state index is 6.30. The lowest BCUT2D eigenvalue weighted by Gasteiger charge is -2.35. The van der Waals surface area contributed by atoms with Crippen LogP contribution in [0, 0.1) is 0 Å². The number of hydrogen-bond acceptors (Lipinski definition) is 5. The Morgan fingerprint density at radius 2 is 2.37 bits per heavy atom. The molecule has 2 rings (SSSR count). The van der Waals surface area contributed by atoms with E-state index >= 15 is 0 Å². The highest BCUT2D eigenvalue weighted by Crippen LogP contribution is 2.22. The summed E-state index contributed by atoms with van der Waals surface area (Å²) in [5, 5.41) is 0. The van der Waals surface area contributed by atoms with E-state index in [1.807, 2.05) is 13.0 Å². The van der Waals surface area contributed by atoms with Gasteiger partial charge < -0.3 is 15.2 Å². The van der Waals surface area contributed by atoms with Crippen LogP contribution in [-0.4, -0.2) is 48.8 Å². The van der Waals surface area contributed by atoms with E-state index in [-0.39, 0.29) is 12.1 Å². The molecular weight excluding hydrogens is 242 g/mol. The van der Waals surface area contributed by atoms with Crippen LogP contribution in [0.4, 0.5) is 0 Å². The molecule has 0 radical (unpaired) electrons. The summed E-state index contributed by atoms with van der Waals surface area (Å²) in [6.45, 7) is 8.37. The number of pyridine rings is 1. The molecule has 5 nitrogen and oxygen atoms in total. The predicted octanol–water partition coefficient (Wildman–Crippen LogP) is 1.20. The van der Waals surface area contributed by atoms with Crippen molar-refractivity contribution in [2.75, 3.05) is 32.8 Å². The van der Waals surface area contributed by atoms with Crippen molar-refractivity contribution in [3.05, 3.63) is 24.0 Å². The van der Waals surface area contributed by atoms with Crippen molar-refractivity contribution < 1.29 is 9.47 Å². The predicted molar refractivity (Wildman–Crippen MR) is 74.2 cm³/mol. The molecule has 106 valence electrons. The number of likely N-dealkylation sites (N-methyl/N-ethyl adjacent to an activating group) is 1. The van der Waals surface area contributed by atoms with E-state index in [9.17, 15) is 0 Å². The molecule has 1 aliphatic heterocycles. The van der Waals surface area contributed by atoms with E-state index < -0.39 is 0 Å². The van der Waals surface area contributed by atoms with Gasteiger partial charge in [-0.05, 0) is 25.1 Å². The summed E-state index contributed by atoms with van der Waals surface area (Å²) in [5.41, 5.74) is 7.27. The topological polar surface area (TPSA) is 60.6 Å². The first kappa shape index (κ1) is 14.2. The van der Waals surface area contributed by atoms with Crippen LogP contribution in [0.25, 0.3) is 0 Å². The van der Waals surface area contributed by atoms with Crippen molar-refractivity contribution in [1.82, 2.24) is 9.88 Å². The van der Waals surface area contributed by atoms with E-state index in [0.29, 0.717) is 6.61 Å². The minimum Gasteiger partial charge on any atom is -0.492 e. The lowest BCUT2D eigenvalue weighted by atomic mass is 10.0. The minimum absolute atomic E-state index is 0.0207. The number of nitrogens with zero attached hydrogens (tertiary/aromatic N) is 2. The molecule has 0 bridgehead atoms. The third kappa shape index (κ3) is 3.65. The van der Waals surface area contributed by atoms with Crippen molar-refractivity contribution in [1.29, 1.82) is 0 Å². The van der Waals surface area contributed by atoms with E-state index in [2.05, 4.69) is 16.8 Å². The number of morpholine rings is 1. The standard InChI is InChI=1S/C14H23N3O2/c1-3-17-5-6-19-13(10-17)14(15)11-7-12(18-4-2)9-16-8-11/h7-9,13-14H,3-6,10,15H2,1-2H3. The maximum absolute atomic E-state index is 6.30. The van der Waals surface area contributed by atoms with E-state index in [1.54, 1.807) is 12.4 Å². The molecule has 5 heteroatoms. The fourth-order valence-electron chi connectivity index (χ4n) is 2.31. The lowest BCUT2D eigenvalue weighted by molar-refractivity contribution is -0.0393. The zero-order valence-electron chi connectivity index (χ0n) is 11.7. The Morgan fingerprint density at radius 1 is 1.53 bits per heavy atom. The van der Waals surface area contributed by atoms with Crippen molar-refractivity contribution >= 4 is 0 Å². The summed E-state index contributed by atoms with van der Waals surface area (Å²) in [5.74, 6) is 0.763. The van der Waals surface area contributed by atoms with Gasteiger partial charge in [-0.25, -0.2) is 0 Å². The van der Waals surface area contributed by atoms with Gasteiger partial charge in [-0.2, -0.15) is 0 Å². The average Bonchev–Trinajstić information content (AvgIpc) is 2.47. The van der Waals surface area contributed by atoms with Gasteiger partial charge >= 0.3 is 0 Å². The third-order valence-corrected chi connectivity index (χ3v) is 3.46. The Labute approximate surface area is 114 Å². The Balaban J connectivity index is 2.05. The molecule has 2 atom stereocenters. The molecule has 0 aliphatic carbocycles. The van der Waals surface area contributed by atoms with Crippen LogP contribution < -0.4 is 10.5 Å². The molecular formula is C14H23N3O2. The molecule has 2 unspecified atom stereocenters. The molecule has 0 spiro atoms. The molecule has 1 aliphatic rings. The zero-order chi connectivity index (χ0) is 13.7. The first-order valence-corrected chi connectivity index (χ1v) is 6.91. The number of ether oxygens (including phenoxy) is 2. The summed E-state index contributed by atoms with van der Waals surface area (Å²) in [7, 11) is 0. The zero-order valence-corrected chi connectivity index (χ0v) is 11.7. The molecule has 0 aromatic carbocycles. The normalized spacial score (nSPS) is 22.2. The Bertz CT molecular complexity index is 400. The smallest absolute Gasteiger partial charge is 0.137 e. The van der Waals surface area contributed by atoms with Crippen molar-refractivity contribution in [2.45, 2.75) is 26.0 Å². The van der Waals surface area contributed by atoms with E-state index in [0.717, 1.165) is 37.6 Å². The van der Waals surface area contributed by atoms with Gasteiger partial charge in [-0.1, -0.05) is 6.92 Å². The van der Waals surface area contributed by atoms with E-state index in [1.165, 1.54) is 0 Å². The first-order chi connectivity index (χ1) is 9.24. The summed E-state index contributed by atoms with van der Waals surface area (Å²) < 4.78 is 11.2. The Morgan fingerprint density at radius 3 is 3.11 bits per heavy atom. The fourth-order valence-corrected chi connectivity index (χ4v) is 2.31. The van der Waals surface area contributed by atoms with Crippen LogP contribution in [-0.2, 0) is 4.74 Å². The quantitative estimate of drug-likeness (QED) is 0.867. The number of rotatable bonds is 5. The van der Waals surface area contributed by atoms with Gasteiger partial charge in [-0.3, -0.25) is 9.88 Å². The second-order valence-electron chi connectivity index (χ2n) is 4.72. The SMILES string of the molecule is CCOc1cncc(C(N)C2CN(CC)CCO2)c1. The largest absolute Gasteiger partial charge is 0.492 e. The van der Waals surface area contributed by atoms with Crippen molar-refractivity contribution in [2.24, 2.45) is 5.73 Å². The molecule has 1 fully saturated rings. The highest BCUT2D eigenvalue weighted by Gasteiger charge is 2.26. The van der Waals surface area contributed by atoms with E-state index in [4.69, 9.17) is 15.2 Å². The summed E-state index contributed by atoms with van der Waals surface area (Å²) >= 11 is 0. The van der Waals surface area contributed by atoms with Crippen LogP contribution in [0.2, 0.25) is 0 Å². The van der Waals surface area contributed by atoms with Crippen molar-refractivity contribution in [3.63, 3.8) is 0 Å². The molecule has 1 aromatic rings. The fraction of sp³-hybridized carbons (Fsp3) is 0.643. The van der Waals surface area contributed by atoms with Gasteiger partial charge in [0.2, 0.25) is 0 Å². The van der Waals surface area contributed by atoms with Crippen LogP contribution >= 0.6 is 0 Å². The van der Waals surface area contributed by atoms with Gasteiger partial charge in [0.15, 0.2) is 0 Å². The Kier molecular flexibility index (Phi) is 5.13. The van der Waals surface area contributed by atoms with Gasteiger partial charge in [0.25, 0.3) is 0 Å². The highest BCUT2D eigenvalue weighted by molar-refractivity contribution is 5.26. The lowest BCUT2D eigenvalue weighted by Crippen LogP contribution is -2.46. The van der Waals surface area contributed by atoms with Crippen LogP contribution in [0.15, 0.2) is 18.5 Å². The molecule has 2 heterocycles. The molecule has 0 saturated carbocycles. The number of aromatic nitrogens is 1. The van der Waals surface area contributed by atoms with Gasteiger partial charge in [0.1, 0.15) is 5.75 Å². The molecule has 19 heavy (non-hydrogen) atoms. The minimum atomic E-state index is -0.165. The molecule has 1 saturated heterocycles. The number of nitrogens with two attached hydrogens (primary N) is 1. The summed E-state index contributed by atoms with van der Waals surface area (Å²) in [4.78, 5) is 6.54. The van der Waals surface area contributed by atoms with Crippen LogP contribution in [0.5, 0.6) is 5.75 Å². The maximum Gasteiger partial charge on any atom is 0.137 e. The molecule has 2 N–H and O–H groups in total. The van der Waals surface area contributed by atoms with Gasteiger partial charge in [-0.15, -0.1) is 0 Å². The summed E-state index contributed by atoms with van der Waals surface area (Å²) in [6, 6.07) is 1.79. The second kappa shape index (κ2) is 6.84. The van der Waals surface area contributed by atoms with Crippen LogP contribution in [0.1, 0.15) is 25.5 Å². The highest BCUT2D eigenvalue weighted by atomic mass is 16.5. The third-order valence-electron chi connectivity index (χ3n) is 3.46. The first-order valence-electron chi connectivity index (χ1n) is 6.91. The van der Waals surface area contributed by atoms with Gasteiger partial charge in [0, 0.05) is 19.3 Å². The molecule has 0 amide bonds. The second-order valence-corrected chi connectivity index (χ2v) is 4.72. The number of hydrogen-bond donors (Lipinski definition) is 1. The molecule has 1 aromatic heterocycles.